The Balaban J connectivity index is 2.10. The van der Waals surface area contributed by atoms with Gasteiger partial charge in [-0.2, -0.15) is 0 Å². The third kappa shape index (κ3) is 2.82. The molecule has 6 heteroatoms. The molecule has 0 fully saturated rings. The van der Waals surface area contributed by atoms with Gasteiger partial charge in [0.1, 0.15) is 12.1 Å². The summed E-state index contributed by atoms with van der Waals surface area (Å²) >= 11 is 7.48. The van der Waals surface area contributed by atoms with Gasteiger partial charge in [0.15, 0.2) is 0 Å². The van der Waals surface area contributed by atoms with Gasteiger partial charge in [0.25, 0.3) is 0 Å². The molecule has 3 aromatic rings. The molecule has 4 nitrogen and oxygen atoms in total. The molecule has 1 aromatic carbocycles. The smallest absolute Gasteiger partial charge is 0.323 e. The zero-order valence-corrected chi connectivity index (χ0v) is 13.4. The fourth-order valence-electron chi connectivity index (χ4n) is 2.35. The van der Waals surface area contributed by atoms with Gasteiger partial charge in [-0.25, -0.2) is 0 Å². The lowest BCUT2D eigenvalue weighted by atomic mass is 10.4. The highest BCUT2D eigenvalue weighted by Crippen LogP contribution is 2.37. The highest BCUT2D eigenvalue weighted by molar-refractivity contribution is 7.99. The van der Waals surface area contributed by atoms with Crippen molar-refractivity contribution in [2.24, 2.45) is 0 Å². The van der Waals surface area contributed by atoms with E-state index in [2.05, 4.69) is 4.98 Å². The van der Waals surface area contributed by atoms with Crippen LogP contribution in [0.4, 0.5) is 0 Å². The number of hydrogen-bond acceptors (Lipinski definition) is 3. The van der Waals surface area contributed by atoms with E-state index >= 15 is 0 Å². The van der Waals surface area contributed by atoms with E-state index in [1.165, 1.54) is 0 Å². The molecule has 0 saturated heterocycles. The minimum atomic E-state index is -0.869. The van der Waals surface area contributed by atoms with Crippen molar-refractivity contribution in [3.05, 3.63) is 53.3 Å². The number of carboxylic acids is 1. The van der Waals surface area contributed by atoms with Crippen LogP contribution in [-0.4, -0.2) is 20.6 Å². The molecule has 0 aliphatic heterocycles. The summed E-state index contributed by atoms with van der Waals surface area (Å²) in [6, 6.07) is 11.3. The number of halogens is 1. The second-order valence-corrected chi connectivity index (χ2v) is 6.34. The molecule has 2 aromatic heterocycles. The summed E-state index contributed by atoms with van der Waals surface area (Å²) in [7, 11) is 0. The Kier molecular flexibility index (Phi) is 4.09. The largest absolute Gasteiger partial charge is 0.480 e. The monoisotopic (exact) mass is 332 g/mol. The van der Waals surface area contributed by atoms with E-state index in [1.807, 2.05) is 43.3 Å². The second kappa shape index (κ2) is 6.02. The summed E-state index contributed by atoms with van der Waals surface area (Å²) < 4.78 is 1.78. The SMILES string of the molecule is Cc1c(Sc2ccc(Cl)cc2)c2ncccc2n1CC(=O)O. The summed E-state index contributed by atoms with van der Waals surface area (Å²) in [5.74, 6) is -0.869. The van der Waals surface area contributed by atoms with Crippen LogP contribution in [0, 0.1) is 6.92 Å². The first kappa shape index (κ1) is 14.9. The zero-order chi connectivity index (χ0) is 15.7. The van der Waals surface area contributed by atoms with Crippen LogP contribution in [0.1, 0.15) is 5.69 Å². The van der Waals surface area contributed by atoms with Crippen molar-refractivity contribution in [3.8, 4) is 0 Å². The van der Waals surface area contributed by atoms with Crippen LogP contribution >= 0.6 is 23.4 Å². The van der Waals surface area contributed by atoms with Crippen LogP contribution in [0.5, 0.6) is 0 Å². The lowest BCUT2D eigenvalue weighted by molar-refractivity contribution is -0.137. The fraction of sp³-hybridized carbons (Fsp3) is 0.125. The van der Waals surface area contributed by atoms with Crippen LogP contribution in [-0.2, 0) is 11.3 Å². The normalized spacial score (nSPS) is 11.0. The topological polar surface area (TPSA) is 55.1 Å². The Morgan fingerprint density at radius 3 is 2.73 bits per heavy atom. The average Bonchev–Trinajstić information content (AvgIpc) is 2.75. The molecule has 0 amide bonds. The number of carbonyl (C=O) groups is 1. The van der Waals surface area contributed by atoms with E-state index in [0.29, 0.717) is 5.02 Å². The fourth-order valence-corrected chi connectivity index (χ4v) is 3.49. The maximum atomic E-state index is 11.1. The molecule has 0 aliphatic carbocycles. The lowest BCUT2D eigenvalue weighted by Gasteiger charge is -2.05. The number of hydrogen-bond donors (Lipinski definition) is 1. The van der Waals surface area contributed by atoms with Crippen LogP contribution in [0.2, 0.25) is 5.02 Å². The van der Waals surface area contributed by atoms with Crippen LogP contribution in [0.3, 0.4) is 0 Å². The first-order chi connectivity index (χ1) is 10.6. The molecule has 0 radical (unpaired) electrons. The summed E-state index contributed by atoms with van der Waals surface area (Å²) in [5.41, 5.74) is 2.55. The van der Waals surface area contributed by atoms with Crippen LogP contribution in [0.25, 0.3) is 11.0 Å². The standard InChI is InChI=1S/C16H13ClN2O2S/c1-10-16(22-12-6-4-11(17)5-7-12)15-13(3-2-8-18-15)19(10)9-14(20)21/h2-8H,9H2,1H3,(H,20,21). The number of rotatable bonds is 4. The maximum Gasteiger partial charge on any atom is 0.323 e. The minimum Gasteiger partial charge on any atom is -0.480 e. The van der Waals surface area contributed by atoms with Gasteiger partial charge >= 0.3 is 5.97 Å². The molecule has 1 N–H and O–H groups in total. The number of aromatic nitrogens is 2. The summed E-state index contributed by atoms with van der Waals surface area (Å²) in [6.45, 7) is 1.85. The third-order valence-corrected chi connectivity index (χ3v) is 4.81. The van der Waals surface area contributed by atoms with Gasteiger partial charge < -0.3 is 9.67 Å². The molecule has 0 bridgehead atoms. The van der Waals surface area contributed by atoms with Crippen LogP contribution < -0.4 is 0 Å². The number of nitrogens with zero attached hydrogens (tertiary/aromatic N) is 2. The molecule has 0 saturated carbocycles. The Bertz CT molecular complexity index is 843. The predicted molar refractivity (Wildman–Crippen MR) is 87.7 cm³/mol. The van der Waals surface area contributed by atoms with Crippen molar-refractivity contribution < 1.29 is 9.90 Å². The molecule has 112 valence electrons. The summed E-state index contributed by atoms with van der Waals surface area (Å²) in [6.07, 6.45) is 1.72. The number of benzene rings is 1. The first-order valence-corrected chi connectivity index (χ1v) is 7.84. The van der Waals surface area contributed by atoms with Gasteiger partial charge in [-0.3, -0.25) is 9.78 Å². The summed E-state index contributed by atoms with van der Waals surface area (Å²) in [5, 5.41) is 9.81. The Labute approximate surface area is 136 Å². The van der Waals surface area contributed by atoms with Crippen molar-refractivity contribution in [2.45, 2.75) is 23.3 Å². The highest BCUT2D eigenvalue weighted by atomic mass is 35.5. The zero-order valence-electron chi connectivity index (χ0n) is 11.8. The van der Waals surface area contributed by atoms with E-state index < -0.39 is 5.97 Å². The van der Waals surface area contributed by atoms with Crippen molar-refractivity contribution in [1.82, 2.24) is 9.55 Å². The quantitative estimate of drug-likeness (QED) is 0.776. The molecule has 22 heavy (non-hydrogen) atoms. The summed E-state index contributed by atoms with van der Waals surface area (Å²) in [4.78, 5) is 17.5. The van der Waals surface area contributed by atoms with Crippen molar-refractivity contribution in [2.75, 3.05) is 0 Å². The predicted octanol–water partition coefficient (Wildman–Crippen LogP) is 4.23. The number of carboxylic acid groups (broad SMARTS) is 1. The van der Waals surface area contributed by atoms with Gasteiger partial charge in [0.05, 0.1) is 10.4 Å². The van der Waals surface area contributed by atoms with Crippen LogP contribution in [0.15, 0.2) is 52.4 Å². The molecule has 0 unspecified atom stereocenters. The van der Waals surface area contributed by atoms with Gasteiger partial charge in [-0.1, -0.05) is 23.4 Å². The Hall–Kier alpha value is -1.98. The highest BCUT2D eigenvalue weighted by Gasteiger charge is 2.17. The Morgan fingerprint density at radius 2 is 2.05 bits per heavy atom. The molecular formula is C16H13ClN2O2S. The lowest BCUT2D eigenvalue weighted by Crippen LogP contribution is -2.09. The average molecular weight is 333 g/mol. The molecule has 0 aliphatic rings. The first-order valence-electron chi connectivity index (χ1n) is 6.65. The van der Waals surface area contributed by atoms with E-state index in [-0.39, 0.29) is 6.54 Å². The van der Waals surface area contributed by atoms with Crippen molar-refractivity contribution in [1.29, 1.82) is 0 Å². The van der Waals surface area contributed by atoms with Gasteiger partial charge in [-0.15, -0.1) is 0 Å². The molecule has 0 atom stereocenters. The van der Waals surface area contributed by atoms with E-state index in [1.54, 1.807) is 22.5 Å². The molecule has 0 spiro atoms. The van der Waals surface area contributed by atoms with Gasteiger partial charge in [0.2, 0.25) is 0 Å². The van der Waals surface area contributed by atoms with Gasteiger partial charge in [-0.05, 0) is 43.3 Å². The Morgan fingerprint density at radius 1 is 1.32 bits per heavy atom. The second-order valence-electron chi connectivity index (χ2n) is 4.82. The van der Waals surface area contributed by atoms with E-state index in [0.717, 1.165) is 26.5 Å². The van der Waals surface area contributed by atoms with E-state index in [9.17, 15) is 4.79 Å². The molecular weight excluding hydrogens is 320 g/mol. The van der Waals surface area contributed by atoms with E-state index in [4.69, 9.17) is 16.7 Å². The minimum absolute atomic E-state index is 0.0742. The number of fused-ring (bicyclic) bond motifs is 1. The maximum absolute atomic E-state index is 11.1. The molecule has 2 heterocycles. The third-order valence-electron chi connectivity index (χ3n) is 3.35. The molecule has 3 rings (SSSR count). The number of aliphatic carboxylic acids is 1. The van der Waals surface area contributed by atoms with Gasteiger partial charge in [0, 0.05) is 21.8 Å². The number of pyridine rings is 1. The van der Waals surface area contributed by atoms with Crippen molar-refractivity contribution >= 4 is 40.4 Å². The van der Waals surface area contributed by atoms with Crippen molar-refractivity contribution in [3.63, 3.8) is 0 Å².